The van der Waals surface area contributed by atoms with Gasteiger partial charge in [-0.05, 0) is 68.8 Å². The monoisotopic (exact) mass is 605 g/mol. The highest BCUT2D eigenvalue weighted by Crippen LogP contribution is 2.31. The molecule has 230 valence electrons. The van der Waals surface area contributed by atoms with Gasteiger partial charge in [0.05, 0.1) is 34.6 Å². The number of ether oxygens (including phenoxy) is 2. The summed E-state index contributed by atoms with van der Waals surface area (Å²) in [5.74, 6) is -0.664. The number of aromatic nitrogens is 4. The number of carbonyl (C=O) groups excluding carboxylic acids is 2. The largest absolute Gasteiger partial charge is 0.462 e. The minimum Gasteiger partial charge on any atom is -0.462 e. The van der Waals surface area contributed by atoms with E-state index in [0.717, 1.165) is 45.4 Å². The number of methoxy groups -OCH3 is 1. The highest BCUT2D eigenvalue weighted by molar-refractivity contribution is 6.08. The number of rotatable bonds is 8. The number of nitrogens with one attached hydrogen (secondary N) is 2. The summed E-state index contributed by atoms with van der Waals surface area (Å²) < 4.78 is 13.4. The lowest BCUT2D eigenvalue weighted by Crippen LogP contribution is -2.22. The maximum Gasteiger partial charge on any atom is 0.338 e. The molecule has 0 aliphatic heterocycles. The SMILES string of the molecule is C=Cc1nc2c(=O)[nH]c3c4ccccc4c(-n4ccc(CNC(=O)c5ccc(C(=O)OCC)cc5)c4)cc3n2c1C.CCOC. The number of imidazole rings is 1. The molecule has 0 fully saturated rings. The standard InChI is InChI=1S/C32H27N5O4.C3H8O/c1-4-25-19(3)37-27-16-26(23-8-6-7-9-24(23)28(27)35-31(39)29(37)34-25)36-15-14-20(18-36)17-33-30(38)21-10-12-22(13-11-21)32(40)41-5-2;1-3-4-2/h4,6-16,18H,1,5,17H2,2-3H3,(H,33,38)(H,35,39);3H2,1-2H3. The number of aryl methyl sites for hydroxylation is 1. The zero-order chi connectivity index (χ0) is 32.1. The van der Waals surface area contributed by atoms with E-state index in [2.05, 4.69) is 26.6 Å². The Kier molecular flexibility index (Phi) is 9.25. The van der Waals surface area contributed by atoms with Crippen molar-refractivity contribution in [2.75, 3.05) is 20.3 Å². The van der Waals surface area contributed by atoms with Gasteiger partial charge in [0.2, 0.25) is 5.65 Å². The van der Waals surface area contributed by atoms with Crippen LogP contribution in [0, 0.1) is 6.92 Å². The lowest BCUT2D eigenvalue weighted by molar-refractivity contribution is 0.0526. The van der Waals surface area contributed by atoms with Crippen molar-refractivity contribution in [3.05, 3.63) is 118 Å². The molecule has 0 aliphatic rings. The van der Waals surface area contributed by atoms with Crippen molar-refractivity contribution in [3.8, 4) is 5.69 Å². The highest BCUT2D eigenvalue weighted by Gasteiger charge is 2.17. The van der Waals surface area contributed by atoms with Crippen molar-refractivity contribution in [1.29, 1.82) is 0 Å². The van der Waals surface area contributed by atoms with Gasteiger partial charge >= 0.3 is 5.97 Å². The van der Waals surface area contributed by atoms with Crippen molar-refractivity contribution >= 4 is 45.4 Å². The van der Waals surface area contributed by atoms with Crippen molar-refractivity contribution < 1.29 is 19.1 Å². The molecule has 6 rings (SSSR count). The fourth-order valence-electron chi connectivity index (χ4n) is 5.14. The van der Waals surface area contributed by atoms with E-state index in [1.807, 2.05) is 71.6 Å². The summed E-state index contributed by atoms with van der Waals surface area (Å²) in [6.07, 6.45) is 5.56. The van der Waals surface area contributed by atoms with Crippen molar-refractivity contribution in [2.45, 2.75) is 27.3 Å². The van der Waals surface area contributed by atoms with E-state index >= 15 is 0 Å². The van der Waals surface area contributed by atoms with Gasteiger partial charge in [-0.1, -0.05) is 30.8 Å². The molecule has 0 bridgehead atoms. The number of aromatic amines is 1. The zero-order valence-corrected chi connectivity index (χ0v) is 25.7. The number of hydrogen-bond donors (Lipinski definition) is 2. The second-order valence-electron chi connectivity index (χ2n) is 10.2. The Morgan fingerprint density at radius 3 is 2.38 bits per heavy atom. The normalized spacial score (nSPS) is 10.9. The molecular formula is C35H35N5O5. The van der Waals surface area contributed by atoms with Crippen molar-refractivity contribution in [3.63, 3.8) is 0 Å². The van der Waals surface area contributed by atoms with Crippen LogP contribution in [0.4, 0.5) is 0 Å². The van der Waals surface area contributed by atoms with Gasteiger partial charge in [0, 0.05) is 54.7 Å². The van der Waals surface area contributed by atoms with Crippen LogP contribution in [0.1, 0.15) is 51.5 Å². The van der Waals surface area contributed by atoms with E-state index in [-0.39, 0.29) is 11.5 Å². The van der Waals surface area contributed by atoms with Gasteiger partial charge in [0.15, 0.2) is 0 Å². The number of amides is 1. The smallest absolute Gasteiger partial charge is 0.338 e. The number of H-pyrrole nitrogens is 1. The van der Waals surface area contributed by atoms with Crippen LogP contribution in [-0.2, 0) is 16.0 Å². The first-order chi connectivity index (χ1) is 21.8. The molecule has 0 radical (unpaired) electrons. The van der Waals surface area contributed by atoms with E-state index in [1.165, 1.54) is 0 Å². The molecule has 0 spiro atoms. The quantitative estimate of drug-likeness (QED) is 0.166. The topological polar surface area (TPSA) is 120 Å². The fourth-order valence-corrected chi connectivity index (χ4v) is 5.14. The summed E-state index contributed by atoms with van der Waals surface area (Å²) in [5.41, 5.74) is 5.77. The summed E-state index contributed by atoms with van der Waals surface area (Å²) in [5, 5.41) is 4.81. The van der Waals surface area contributed by atoms with E-state index in [0.29, 0.717) is 35.6 Å². The number of carbonyl (C=O) groups is 2. The molecule has 0 saturated heterocycles. The second kappa shape index (κ2) is 13.4. The van der Waals surface area contributed by atoms with Crippen LogP contribution in [0.25, 0.3) is 39.2 Å². The first-order valence-corrected chi connectivity index (χ1v) is 14.6. The van der Waals surface area contributed by atoms with Gasteiger partial charge in [-0.15, -0.1) is 0 Å². The van der Waals surface area contributed by atoms with E-state index in [9.17, 15) is 14.4 Å². The van der Waals surface area contributed by atoms with Crippen LogP contribution in [0.2, 0.25) is 0 Å². The number of esters is 1. The fraction of sp³-hybridized carbons (Fsp3) is 0.200. The molecular weight excluding hydrogens is 570 g/mol. The predicted octanol–water partition coefficient (Wildman–Crippen LogP) is 5.83. The molecule has 0 aliphatic carbocycles. The van der Waals surface area contributed by atoms with Crippen LogP contribution < -0.4 is 10.9 Å². The summed E-state index contributed by atoms with van der Waals surface area (Å²) >= 11 is 0. The average molecular weight is 606 g/mol. The molecule has 0 unspecified atom stereocenters. The van der Waals surface area contributed by atoms with E-state index in [4.69, 9.17) is 4.74 Å². The minimum atomic E-state index is -0.418. The van der Waals surface area contributed by atoms with Gasteiger partial charge in [-0.25, -0.2) is 9.78 Å². The molecule has 10 heteroatoms. The van der Waals surface area contributed by atoms with Crippen LogP contribution >= 0.6 is 0 Å². The second-order valence-corrected chi connectivity index (χ2v) is 10.2. The Bertz CT molecular complexity index is 2080. The maximum absolute atomic E-state index is 12.9. The lowest BCUT2D eigenvalue weighted by atomic mass is 10.1. The maximum atomic E-state index is 12.9. The summed E-state index contributed by atoms with van der Waals surface area (Å²) in [4.78, 5) is 45.1. The lowest BCUT2D eigenvalue weighted by Gasteiger charge is -2.13. The number of benzene rings is 3. The molecule has 1 amide bonds. The number of fused-ring (bicyclic) bond motifs is 5. The number of hydrogen-bond acceptors (Lipinski definition) is 6. The predicted molar refractivity (Wildman–Crippen MR) is 176 cm³/mol. The van der Waals surface area contributed by atoms with E-state index in [1.54, 1.807) is 44.4 Å². The Balaban J connectivity index is 0.000000945. The third-order valence-corrected chi connectivity index (χ3v) is 7.45. The molecule has 6 aromatic rings. The summed E-state index contributed by atoms with van der Waals surface area (Å²) in [6, 6.07) is 18.3. The third kappa shape index (κ3) is 6.13. The summed E-state index contributed by atoms with van der Waals surface area (Å²) in [7, 11) is 1.68. The molecule has 45 heavy (non-hydrogen) atoms. The van der Waals surface area contributed by atoms with Gasteiger partial charge < -0.3 is 24.3 Å². The van der Waals surface area contributed by atoms with E-state index < -0.39 is 5.97 Å². The Morgan fingerprint density at radius 1 is 1.02 bits per heavy atom. The minimum absolute atomic E-state index is 0.246. The van der Waals surface area contributed by atoms with Crippen molar-refractivity contribution in [1.82, 2.24) is 24.3 Å². The van der Waals surface area contributed by atoms with Gasteiger partial charge in [-0.3, -0.25) is 14.0 Å². The molecule has 3 aromatic carbocycles. The van der Waals surface area contributed by atoms with Crippen LogP contribution in [0.15, 0.2) is 84.4 Å². The van der Waals surface area contributed by atoms with Crippen LogP contribution in [0.5, 0.6) is 0 Å². The van der Waals surface area contributed by atoms with Gasteiger partial charge in [-0.2, -0.15) is 0 Å². The number of nitrogens with zero attached hydrogens (tertiary/aromatic N) is 3. The Morgan fingerprint density at radius 2 is 1.71 bits per heavy atom. The molecule has 0 atom stereocenters. The molecule has 0 saturated carbocycles. The zero-order valence-electron chi connectivity index (χ0n) is 25.7. The third-order valence-electron chi connectivity index (χ3n) is 7.45. The van der Waals surface area contributed by atoms with Crippen molar-refractivity contribution in [2.24, 2.45) is 0 Å². The first kappa shape index (κ1) is 31.0. The first-order valence-electron chi connectivity index (χ1n) is 14.6. The highest BCUT2D eigenvalue weighted by atomic mass is 16.5. The van der Waals surface area contributed by atoms with Gasteiger partial charge in [0.25, 0.3) is 11.5 Å². The molecule has 3 aromatic heterocycles. The summed E-state index contributed by atoms with van der Waals surface area (Å²) in [6.45, 7) is 10.9. The molecule has 2 N–H and O–H groups in total. The Hall–Kier alpha value is -5.48. The molecule has 10 nitrogen and oxygen atoms in total. The Labute approximate surface area is 259 Å². The molecule has 3 heterocycles. The van der Waals surface area contributed by atoms with Crippen LogP contribution in [0.3, 0.4) is 0 Å². The van der Waals surface area contributed by atoms with Gasteiger partial charge in [0.1, 0.15) is 0 Å². The average Bonchev–Trinajstić information content (AvgIpc) is 3.68. The van der Waals surface area contributed by atoms with Crippen LogP contribution in [-0.4, -0.2) is 51.1 Å².